The Bertz CT molecular complexity index is 448. The Morgan fingerprint density at radius 3 is 2.60 bits per heavy atom. The highest BCUT2D eigenvalue weighted by molar-refractivity contribution is 7.18. The van der Waals surface area contributed by atoms with Gasteiger partial charge >= 0.3 is 0 Å². The minimum absolute atomic E-state index is 0.649. The molecule has 0 aliphatic carbocycles. The van der Waals surface area contributed by atoms with Crippen molar-refractivity contribution in [1.82, 2.24) is 15.2 Å². The van der Waals surface area contributed by atoms with Crippen LogP contribution in [0.15, 0.2) is 18.3 Å². The number of nitrogens with two attached hydrogens (primary N) is 1. The molecule has 2 rings (SSSR count). The predicted molar refractivity (Wildman–Crippen MR) is 61.9 cm³/mol. The van der Waals surface area contributed by atoms with Gasteiger partial charge in [-0.3, -0.25) is 4.98 Å². The zero-order valence-electron chi connectivity index (χ0n) is 8.51. The molecule has 2 N–H and O–H groups in total. The first-order chi connectivity index (χ1) is 7.16. The van der Waals surface area contributed by atoms with E-state index in [0.717, 1.165) is 15.8 Å². The van der Waals surface area contributed by atoms with E-state index in [0.29, 0.717) is 5.69 Å². The molecule has 5 nitrogen and oxygen atoms in total. The third-order valence-electron chi connectivity index (χ3n) is 1.80. The first-order valence-corrected chi connectivity index (χ1v) is 5.21. The molecule has 0 atom stereocenters. The number of hydrogen-bond acceptors (Lipinski definition) is 6. The van der Waals surface area contributed by atoms with Gasteiger partial charge in [0.2, 0.25) is 5.13 Å². The number of pyridine rings is 1. The number of nitrogens with zero attached hydrogens (tertiary/aromatic N) is 4. The van der Waals surface area contributed by atoms with Gasteiger partial charge in [0.1, 0.15) is 5.69 Å². The summed E-state index contributed by atoms with van der Waals surface area (Å²) in [5, 5.41) is 9.77. The molecule has 0 amide bonds. The van der Waals surface area contributed by atoms with E-state index >= 15 is 0 Å². The average Bonchev–Trinajstić information content (AvgIpc) is 2.68. The second-order valence-electron chi connectivity index (χ2n) is 3.26. The fourth-order valence-electron chi connectivity index (χ4n) is 1.03. The molecule has 0 unspecified atom stereocenters. The van der Waals surface area contributed by atoms with Crippen molar-refractivity contribution in [3.05, 3.63) is 18.3 Å². The van der Waals surface area contributed by atoms with E-state index in [1.54, 1.807) is 12.3 Å². The summed E-state index contributed by atoms with van der Waals surface area (Å²) in [6.45, 7) is 0. The number of rotatable bonds is 2. The van der Waals surface area contributed by atoms with E-state index in [1.165, 1.54) is 11.3 Å². The van der Waals surface area contributed by atoms with Gasteiger partial charge in [-0.05, 0) is 12.1 Å². The Morgan fingerprint density at radius 2 is 2.07 bits per heavy atom. The van der Waals surface area contributed by atoms with Crippen molar-refractivity contribution in [3.8, 4) is 10.7 Å². The molecule has 0 spiro atoms. The molecule has 2 heterocycles. The molecule has 6 heteroatoms. The molecular formula is C9H11N5S. The molecule has 78 valence electrons. The third kappa shape index (κ3) is 2.04. The zero-order chi connectivity index (χ0) is 10.8. The molecule has 0 aliphatic heterocycles. The van der Waals surface area contributed by atoms with Crippen LogP contribution in [0.1, 0.15) is 0 Å². The van der Waals surface area contributed by atoms with Crippen molar-refractivity contribution in [1.29, 1.82) is 0 Å². The van der Waals surface area contributed by atoms with Gasteiger partial charge in [0, 0.05) is 14.1 Å². The van der Waals surface area contributed by atoms with Crippen molar-refractivity contribution in [2.45, 2.75) is 0 Å². The van der Waals surface area contributed by atoms with Gasteiger partial charge in [0.25, 0.3) is 0 Å². The molecule has 0 aromatic carbocycles. The van der Waals surface area contributed by atoms with Crippen LogP contribution in [-0.2, 0) is 0 Å². The van der Waals surface area contributed by atoms with Crippen molar-refractivity contribution in [2.24, 2.45) is 0 Å². The maximum atomic E-state index is 5.55. The highest BCUT2D eigenvalue weighted by Gasteiger charge is 2.08. The lowest BCUT2D eigenvalue weighted by Crippen LogP contribution is -2.07. The summed E-state index contributed by atoms with van der Waals surface area (Å²) in [5.74, 6) is 0. The number of aromatic nitrogens is 3. The molecule has 0 aliphatic rings. The first-order valence-electron chi connectivity index (χ1n) is 4.39. The van der Waals surface area contributed by atoms with Crippen LogP contribution in [0.25, 0.3) is 10.7 Å². The Morgan fingerprint density at radius 1 is 1.27 bits per heavy atom. The SMILES string of the molecule is CN(C)c1nnc(-c2ccc(N)cn2)s1. The lowest BCUT2D eigenvalue weighted by atomic mass is 10.3. The van der Waals surface area contributed by atoms with Crippen molar-refractivity contribution < 1.29 is 0 Å². The molecule has 15 heavy (non-hydrogen) atoms. The molecule has 2 aromatic rings. The number of hydrogen-bond donors (Lipinski definition) is 1. The van der Waals surface area contributed by atoms with Gasteiger partial charge in [-0.1, -0.05) is 11.3 Å². The number of anilines is 2. The van der Waals surface area contributed by atoms with Crippen LogP contribution in [0.3, 0.4) is 0 Å². The van der Waals surface area contributed by atoms with Crippen molar-refractivity contribution in [2.75, 3.05) is 24.7 Å². The highest BCUT2D eigenvalue weighted by atomic mass is 32.1. The van der Waals surface area contributed by atoms with Crippen LogP contribution in [0.5, 0.6) is 0 Å². The largest absolute Gasteiger partial charge is 0.397 e. The summed E-state index contributed by atoms with van der Waals surface area (Å²) in [4.78, 5) is 6.10. The fraction of sp³-hybridized carbons (Fsp3) is 0.222. The summed E-state index contributed by atoms with van der Waals surface area (Å²) < 4.78 is 0. The maximum absolute atomic E-state index is 5.55. The average molecular weight is 221 g/mol. The summed E-state index contributed by atoms with van der Waals surface area (Å²) in [5.41, 5.74) is 7.00. The molecule has 0 saturated heterocycles. The van der Waals surface area contributed by atoms with Crippen LogP contribution in [0.4, 0.5) is 10.8 Å². The van der Waals surface area contributed by atoms with Gasteiger partial charge in [-0.15, -0.1) is 10.2 Å². The third-order valence-corrected chi connectivity index (χ3v) is 2.92. The van der Waals surface area contributed by atoms with Gasteiger partial charge < -0.3 is 10.6 Å². The van der Waals surface area contributed by atoms with Crippen LogP contribution >= 0.6 is 11.3 Å². The van der Waals surface area contributed by atoms with E-state index in [-0.39, 0.29) is 0 Å². The molecule has 2 aromatic heterocycles. The van der Waals surface area contributed by atoms with E-state index in [9.17, 15) is 0 Å². The molecule has 0 saturated carbocycles. The first kappa shape index (κ1) is 9.85. The van der Waals surface area contributed by atoms with Crippen LogP contribution in [-0.4, -0.2) is 29.3 Å². The normalized spacial score (nSPS) is 10.3. The summed E-state index contributed by atoms with van der Waals surface area (Å²) in [6, 6.07) is 3.65. The van der Waals surface area contributed by atoms with Gasteiger partial charge in [-0.2, -0.15) is 0 Å². The lowest BCUT2D eigenvalue weighted by Gasteiger charge is -2.03. The molecule has 0 fully saturated rings. The van der Waals surface area contributed by atoms with Crippen LogP contribution in [0.2, 0.25) is 0 Å². The van der Waals surface area contributed by atoms with Crippen molar-refractivity contribution >= 4 is 22.2 Å². The van der Waals surface area contributed by atoms with E-state index in [2.05, 4.69) is 15.2 Å². The van der Waals surface area contributed by atoms with Crippen LogP contribution in [0, 0.1) is 0 Å². The quantitative estimate of drug-likeness (QED) is 0.826. The molecular weight excluding hydrogens is 210 g/mol. The Kier molecular flexibility index (Phi) is 2.51. The monoisotopic (exact) mass is 221 g/mol. The van der Waals surface area contributed by atoms with Crippen LogP contribution < -0.4 is 10.6 Å². The Labute approximate surface area is 91.6 Å². The predicted octanol–water partition coefficient (Wildman–Crippen LogP) is 1.25. The maximum Gasteiger partial charge on any atom is 0.208 e. The lowest BCUT2D eigenvalue weighted by molar-refractivity contribution is 1.02. The highest BCUT2D eigenvalue weighted by Crippen LogP contribution is 2.26. The van der Waals surface area contributed by atoms with Gasteiger partial charge in [0.05, 0.1) is 11.9 Å². The number of nitrogen functional groups attached to an aromatic ring is 1. The second-order valence-corrected chi connectivity index (χ2v) is 4.22. The van der Waals surface area contributed by atoms with Gasteiger partial charge in [0.15, 0.2) is 5.01 Å². The summed E-state index contributed by atoms with van der Waals surface area (Å²) in [6.07, 6.45) is 1.62. The van der Waals surface area contributed by atoms with E-state index in [4.69, 9.17) is 5.73 Å². The molecule has 0 bridgehead atoms. The topological polar surface area (TPSA) is 67.9 Å². The minimum Gasteiger partial charge on any atom is -0.397 e. The molecule has 0 radical (unpaired) electrons. The second kappa shape index (κ2) is 3.82. The smallest absolute Gasteiger partial charge is 0.208 e. The minimum atomic E-state index is 0.649. The van der Waals surface area contributed by atoms with E-state index in [1.807, 2.05) is 25.1 Å². The Balaban J connectivity index is 2.33. The standard InChI is InChI=1S/C9H11N5S/c1-14(2)9-13-12-8(15-9)7-4-3-6(10)5-11-7/h3-5H,10H2,1-2H3. The summed E-state index contributed by atoms with van der Waals surface area (Å²) >= 11 is 1.50. The fourth-order valence-corrected chi connectivity index (χ4v) is 1.78. The van der Waals surface area contributed by atoms with Gasteiger partial charge in [-0.25, -0.2) is 0 Å². The van der Waals surface area contributed by atoms with E-state index < -0.39 is 0 Å². The Hall–Kier alpha value is -1.69. The zero-order valence-corrected chi connectivity index (χ0v) is 9.32. The summed E-state index contributed by atoms with van der Waals surface area (Å²) in [7, 11) is 3.86. The van der Waals surface area contributed by atoms with Crippen molar-refractivity contribution in [3.63, 3.8) is 0 Å².